The second-order valence-corrected chi connectivity index (χ2v) is 8.17. The number of nitrogens with zero attached hydrogens (tertiary/aromatic N) is 2. The van der Waals surface area contributed by atoms with Crippen molar-refractivity contribution < 1.29 is 21.2 Å². The van der Waals surface area contributed by atoms with E-state index >= 15 is 0 Å². The lowest BCUT2D eigenvalue weighted by atomic mass is 10.3. The largest absolute Gasteiger partial charge is 0.279 e. The molecule has 0 unspecified atom stereocenters. The highest BCUT2D eigenvalue weighted by atomic mass is 35.7. The fourth-order valence-electron chi connectivity index (χ4n) is 1.55. The number of halogens is 2. The van der Waals surface area contributed by atoms with Crippen molar-refractivity contribution in [2.45, 2.75) is 9.92 Å². The molecule has 0 aliphatic rings. The van der Waals surface area contributed by atoms with Gasteiger partial charge in [-0.1, -0.05) is 0 Å². The Morgan fingerprint density at radius 2 is 1.90 bits per heavy atom. The molecule has 0 bridgehead atoms. The van der Waals surface area contributed by atoms with Crippen LogP contribution in [0.25, 0.3) is 0 Å². The lowest BCUT2D eigenvalue weighted by Crippen LogP contribution is -2.17. The summed E-state index contributed by atoms with van der Waals surface area (Å²) >= 11 is 0. The van der Waals surface area contributed by atoms with Crippen LogP contribution in [0.3, 0.4) is 0 Å². The van der Waals surface area contributed by atoms with Crippen molar-refractivity contribution in [3.8, 4) is 0 Å². The van der Waals surface area contributed by atoms with E-state index in [1.807, 2.05) is 4.72 Å². The van der Waals surface area contributed by atoms with Gasteiger partial charge in [0.05, 0.1) is 16.8 Å². The number of aryl methyl sites for hydroxylation is 1. The van der Waals surface area contributed by atoms with E-state index in [0.717, 1.165) is 16.8 Å². The highest BCUT2D eigenvalue weighted by Crippen LogP contribution is 2.23. The summed E-state index contributed by atoms with van der Waals surface area (Å²) in [5, 5.41) is 3.53. The number of rotatable bonds is 4. The molecule has 0 spiro atoms. The first-order valence-electron chi connectivity index (χ1n) is 5.36. The van der Waals surface area contributed by atoms with Crippen LogP contribution in [0.1, 0.15) is 0 Å². The van der Waals surface area contributed by atoms with Crippen molar-refractivity contribution in [1.29, 1.82) is 0 Å². The van der Waals surface area contributed by atoms with E-state index in [4.69, 9.17) is 10.7 Å². The van der Waals surface area contributed by atoms with Crippen molar-refractivity contribution in [1.82, 2.24) is 9.78 Å². The number of hydrogen-bond donors (Lipinski definition) is 1. The van der Waals surface area contributed by atoms with E-state index in [1.54, 1.807) is 0 Å². The topological polar surface area (TPSA) is 98.1 Å². The number of aromatic nitrogens is 2. The molecule has 0 saturated heterocycles. The summed E-state index contributed by atoms with van der Waals surface area (Å²) in [7, 11) is -1.65. The van der Waals surface area contributed by atoms with Crippen LogP contribution in [0.2, 0.25) is 0 Å². The van der Waals surface area contributed by atoms with Gasteiger partial charge in [0.25, 0.3) is 19.1 Å². The molecule has 114 valence electrons. The highest BCUT2D eigenvalue weighted by molar-refractivity contribution is 8.13. The zero-order valence-corrected chi connectivity index (χ0v) is 12.9. The summed E-state index contributed by atoms with van der Waals surface area (Å²) in [4.78, 5) is -0.467. The third kappa shape index (κ3) is 3.34. The molecule has 2 rings (SSSR count). The Morgan fingerprint density at radius 3 is 2.38 bits per heavy atom. The molecule has 0 amide bonds. The van der Waals surface area contributed by atoms with E-state index in [-0.39, 0.29) is 5.03 Å². The molecule has 1 N–H and O–H groups in total. The van der Waals surface area contributed by atoms with Gasteiger partial charge in [0.2, 0.25) is 0 Å². The van der Waals surface area contributed by atoms with Gasteiger partial charge in [0.15, 0.2) is 5.03 Å². The Bertz CT molecular complexity index is 893. The Labute approximate surface area is 124 Å². The van der Waals surface area contributed by atoms with Gasteiger partial charge in [0, 0.05) is 17.7 Å². The molecule has 1 heterocycles. The van der Waals surface area contributed by atoms with E-state index < -0.39 is 35.5 Å². The normalized spacial score (nSPS) is 12.3. The monoisotopic (exact) mass is 353 g/mol. The highest BCUT2D eigenvalue weighted by Gasteiger charge is 2.21. The molecule has 0 radical (unpaired) electrons. The third-order valence-corrected chi connectivity index (χ3v) is 5.31. The average molecular weight is 354 g/mol. The van der Waals surface area contributed by atoms with Gasteiger partial charge in [-0.05, 0) is 24.3 Å². The second-order valence-electron chi connectivity index (χ2n) is 3.98. The molecule has 0 fully saturated rings. The van der Waals surface area contributed by atoms with Crippen molar-refractivity contribution in [2.24, 2.45) is 7.05 Å². The molecular weight excluding hydrogens is 345 g/mol. The average Bonchev–Trinajstić information content (AvgIpc) is 2.77. The zero-order valence-electron chi connectivity index (χ0n) is 10.5. The van der Waals surface area contributed by atoms with Gasteiger partial charge in [0.1, 0.15) is 5.82 Å². The van der Waals surface area contributed by atoms with Crippen molar-refractivity contribution in [2.75, 3.05) is 4.72 Å². The summed E-state index contributed by atoms with van der Waals surface area (Å²) in [6.07, 6.45) is 1.27. The van der Waals surface area contributed by atoms with Gasteiger partial charge >= 0.3 is 0 Å². The minimum atomic E-state index is -4.09. The quantitative estimate of drug-likeness (QED) is 0.835. The summed E-state index contributed by atoms with van der Waals surface area (Å²) in [6, 6.07) is 3.83. The molecule has 0 saturated carbocycles. The van der Waals surface area contributed by atoms with Crippen molar-refractivity contribution >= 4 is 35.4 Å². The summed E-state index contributed by atoms with van der Waals surface area (Å²) in [5.41, 5.74) is -0.403. The zero-order chi connectivity index (χ0) is 15.8. The number of hydrogen-bond acceptors (Lipinski definition) is 5. The van der Waals surface area contributed by atoms with Gasteiger partial charge in [-0.15, -0.1) is 0 Å². The van der Waals surface area contributed by atoms with Crippen LogP contribution in [-0.2, 0) is 26.1 Å². The molecule has 21 heavy (non-hydrogen) atoms. The minimum Gasteiger partial charge on any atom is -0.275 e. The number of anilines is 1. The van der Waals surface area contributed by atoms with Gasteiger partial charge in [-0.25, -0.2) is 12.8 Å². The summed E-state index contributed by atoms with van der Waals surface area (Å²) < 4.78 is 63.1. The molecule has 2 aromatic rings. The summed E-state index contributed by atoms with van der Waals surface area (Å²) in [6.45, 7) is 0. The molecule has 1 aromatic carbocycles. The van der Waals surface area contributed by atoms with Gasteiger partial charge < -0.3 is 0 Å². The van der Waals surface area contributed by atoms with Crippen LogP contribution < -0.4 is 4.72 Å². The molecule has 0 aliphatic carbocycles. The second kappa shape index (κ2) is 5.28. The standard InChI is InChI=1S/C10H9ClFN3O4S2/c1-15-10(4-5-13-15)21(18,19)14-9-3-2-7(6-8(9)12)20(11,16)17/h2-6,14H,1H3. The van der Waals surface area contributed by atoms with Gasteiger partial charge in [-0.3, -0.25) is 9.40 Å². The Hall–Kier alpha value is -1.65. The summed E-state index contributed by atoms with van der Waals surface area (Å²) in [5.74, 6) is -1.07. The van der Waals surface area contributed by atoms with Crippen LogP contribution in [0, 0.1) is 5.82 Å². The molecule has 0 atom stereocenters. The van der Waals surface area contributed by atoms with Crippen LogP contribution in [-0.4, -0.2) is 26.6 Å². The van der Waals surface area contributed by atoms with Crippen molar-refractivity contribution in [3.63, 3.8) is 0 Å². The fraction of sp³-hybridized carbons (Fsp3) is 0.100. The smallest absolute Gasteiger partial charge is 0.275 e. The van der Waals surface area contributed by atoms with E-state index in [9.17, 15) is 21.2 Å². The first kappa shape index (κ1) is 15.7. The van der Waals surface area contributed by atoms with Gasteiger partial charge in [-0.2, -0.15) is 13.5 Å². The SMILES string of the molecule is Cn1nccc1S(=O)(=O)Nc1ccc(S(=O)(=O)Cl)cc1F. The predicted molar refractivity (Wildman–Crippen MR) is 73.5 cm³/mol. The Balaban J connectivity index is 2.39. The predicted octanol–water partition coefficient (Wildman–Crippen LogP) is 1.29. The van der Waals surface area contributed by atoms with Crippen LogP contribution >= 0.6 is 10.7 Å². The maximum Gasteiger partial charge on any atom is 0.279 e. The first-order valence-corrected chi connectivity index (χ1v) is 9.15. The molecule has 11 heteroatoms. The lowest BCUT2D eigenvalue weighted by Gasteiger charge is -2.09. The number of benzene rings is 1. The van der Waals surface area contributed by atoms with E-state index in [0.29, 0.717) is 6.07 Å². The lowest BCUT2D eigenvalue weighted by molar-refractivity contribution is 0.580. The molecule has 1 aromatic heterocycles. The first-order chi connectivity index (χ1) is 9.61. The number of sulfonamides is 1. The van der Waals surface area contributed by atoms with Crippen LogP contribution in [0.4, 0.5) is 10.1 Å². The van der Waals surface area contributed by atoms with Crippen LogP contribution in [0.15, 0.2) is 40.4 Å². The number of nitrogens with one attached hydrogen (secondary N) is 1. The molecule has 7 nitrogen and oxygen atoms in total. The van der Waals surface area contributed by atoms with Crippen LogP contribution in [0.5, 0.6) is 0 Å². The third-order valence-electron chi connectivity index (χ3n) is 2.52. The van der Waals surface area contributed by atoms with E-state index in [2.05, 4.69) is 5.10 Å². The van der Waals surface area contributed by atoms with E-state index in [1.165, 1.54) is 19.3 Å². The fourth-order valence-corrected chi connectivity index (χ4v) is 3.51. The maximum atomic E-state index is 13.8. The Kier molecular flexibility index (Phi) is 3.95. The van der Waals surface area contributed by atoms with Crippen molar-refractivity contribution in [3.05, 3.63) is 36.3 Å². The minimum absolute atomic E-state index is 0.170. The Morgan fingerprint density at radius 1 is 1.24 bits per heavy atom. The molecule has 0 aliphatic heterocycles. The maximum absolute atomic E-state index is 13.8. The molecular formula is C10H9ClFN3O4S2.